The third-order valence-corrected chi connectivity index (χ3v) is 3.12. The molecule has 1 saturated heterocycles. The van der Waals surface area contributed by atoms with Crippen molar-refractivity contribution < 1.29 is 0 Å². The first-order valence-electron chi connectivity index (χ1n) is 4.64. The predicted molar refractivity (Wildman–Crippen MR) is 59.4 cm³/mol. The summed E-state index contributed by atoms with van der Waals surface area (Å²) in [4.78, 5) is 2.22. The van der Waals surface area contributed by atoms with Gasteiger partial charge in [0.2, 0.25) is 0 Å². The molecule has 0 aromatic carbocycles. The quantitative estimate of drug-likeness (QED) is 0.501. The lowest BCUT2D eigenvalue weighted by molar-refractivity contribution is 0.367. The third kappa shape index (κ3) is 2.35. The van der Waals surface area contributed by atoms with Gasteiger partial charge in [0.25, 0.3) is 0 Å². The monoisotopic (exact) mass is 196 g/mol. The van der Waals surface area contributed by atoms with Gasteiger partial charge in [0, 0.05) is 12.6 Å². The second-order valence-corrected chi connectivity index (χ2v) is 3.95. The Hall–Kier alpha value is -0.750. The van der Waals surface area contributed by atoms with Crippen LogP contribution in [0.15, 0.2) is 0 Å². The SMILES string of the molecule is C#CCNC(=S)N1CCC(C)C1C. The fraction of sp³-hybridized carbons (Fsp3) is 0.700. The first kappa shape index (κ1) is 10.3. The van der Waals surface area contributed by atoms with Gasteiger partial charge in [-0.25, -0.2) is 0 Å². The van der Waals surface area contributed by atoms with Gasteiger partial charge in [0.05, 0.1) is 6.54 Å². The summed E-state index contributed by atoms with van der Waals surface area (Å²) in [6.07, 6.45) is 6.37. The average Bonchev–Trinajstić information content (AvgIpc) is 2.44. The molecule has 1 aliphatic heterocycles. The minimum Gasteiger partial charge on any atom is -0.352 e. The standard InChI is InChI=1S/C10H16N2S/c1-4-6-11-10(13)12-7-5-8(2)9(12)3/h1,8-9H,5-7H2,2-3H3,(H,11,13). The summed E-state index contributed by atoms with van der Waals surface area (Å²) in [6.45, 7) is 6.05. The molecule has 2 unspecified atom stereocenters. The molecule has 0 aromatic rings. The fourth-order valence-corrected chi connectivity index (χ4v) is 1.94. The molecular formula is C10H16N2S. The highest BCUT2D eigenvalue weighted by molar-refractivity contribution is 7.80. The number of rotatable bonds is 1. The number of terminal acetylenes is 1. The molecule has 0 aromatic heterocycles. The second-order valence-electron chi connectivity index (χ2n) is 3.56. The van der Waals surface area contributed by atoms with E-state index in [4.69, 9.17) is 18.6 Å². The average molecular weight is 196 g/mol. The summed E-state index contributed by atoms with van der Waals surface area (Å²) in [5, 5.41) is 3.85. The van der Waals surface area contributed by atoms with Gasteiger partial charge in [-0.1, -0.05) is 12.8 Å². The van der Waals surface area contributed by atoms with Crippen LogP contribution in [0, 0.1) is 18.3 Å². The normalized spacial score (nSPS) is 27.0. The Balaban J connectivity index is 2.44. The van der Waals surface area contributed by atoms with Gasteiger partial charge < -0.3 is 10.2 Å². The van der Waals surface area contributed by atoms with Crippen molar-refractivity contribution in [3.05, 3.63) is 0 Å². The highest BCUT2D eigenvalue weighted by Gasteiger charge is 2.28. The molecule has 1 rings (SSSR count). The summed E-state index contributed by atoms with van der Waals surface area (Å²) >= 11 is 5.23. The van der Waals surface area contributed by atoms with Crippen LogP contribution >= 0.6 is 12.2 Å². The van der Waals surface area contributed by atoms with Crippen LogP contribution in [0.25, 0.3) is 0 Å². The van der Waals surface area contributed by atoms with E-state index in [1.807, 2.05) is 0 Å². The zero-order valence-corrected chi connectivity index (χ0v) is 9.03. The zero-order valence-electron chi connectivity index (χ0n) is 8.21. The molecule has 0 aliphatic carbocycles. The van der Waals surface area contributed by atoms with E-state index in [1.54, 1.807) is 0 Å². The molecule has 72 valence electrons. The van der Waals surface area contributed by atoms with Crippen molar-refractivity contribution in [2.45, 2.75) is 26.3 Å². The van der Waals surface area contributed by atoms with Crippen molar-refractivity contribution in [3.63, 3.8) is 0 Å². The van der Waals surface area contributed by atoms with Crippen molar-refractivity contribution in [2.75, 3.05) is 13.1 Å². The van der Waals surface area contributed by atoms with Crippen molar-refractivity contribution in [3.8, 4) is 12.3 Å². The molecule has 1 aliphatic rings. The minimum atomic E-state index is 0.524. The molecule has 0 saturated carbocycles. The van der Waals surface area contributed by atoms with E-state index in [0.717, 1.165) is 17.6 Å². The number of hydrogen-bond donors (Lipinski definition) is 1. The Bertz CT molecular complexity index is 232. The summed E-state index contributed by atoms with van der Waals surface area (Å²) in [5.74, 6) is 3.25. The van der Waals surface area contributed by atoms with Gasteiger partial charge in [0.1, 0.15) is 0 Å². The zero-order chi connectivity index (χ0) is 9.84. The van der Waals surface area contributed by atoms with Gasteiger partial charge in [-0.2, -0.15) is 0 Å². The smallest absolute Gasteiger partial charge is 0.169 e. The molecule has 0 spiro atoms. The minimum absolute atomic E-state index is 0.524. The van der Waals surface area contributed by atoms with E-state index in [1.165, 1.54) is 6.42 Å². The number of nitrogens with one attached hydrogen (secondary N) is 1. The lowest BCUT2D eigenvalue weighted by Gasteiger charge is -2.25. The number of hydrogen-bond acceptors (Lipinski definition) is 1. The van der Waals surface area contributed by atoms with E-state index in [2.05, 4.69) is 30.0 Å². The van der Waals surface area contributed by atoms with Gasteiger partial charge in [-0.15, -0.1) is 6.42 Å². The van der Waals surface area contributed by atoms with Crippen molar-refractivity contribution in [1.82, 2.24) is 10.2 Å². The number of nitrogens with zero attached hydrogens (tertiary/aromatic N) is 1. The van der Waals surface area contributed by atoms with Gasteiger partial charge in [-0.3, -0.25) is 0 Å². The predicted octanol–water partition coefficient (Wildman–Crippen LogP) is 1.22. The highest BCUT2D eigenvalue weighted by Crippen LogP contribution is 2.22. The Labute approximate surface area is 85.7 Å². The molecule has 2 nitrogen and oxygen atoms in total. The van der Waals surface area contributed by atoms with E-state index < -0.39 is 0 Å². The van der Waals surface area contributed by atoms with E-state index in [9.17, 15) is 0 Å². The Kier molecular flexibility index (Phi) is 3.56. The van der Waals surface area contributed by atoms with E-state index in [0.29, 0.717) is 12.6 Å². The van der Waals surface area contributed by atoms with Crippen molar-refractivity contribution in [1.29, 1.82) is 0 Å². The third-order valence-electron chi connectivity index (χ3n) is 2.74. The largest absolute Gasteiger partial charge is 0.352 e. The van der Waals surface area contributed by atoms with Crippen LogP contribution in [-0.4, -0.2) is 29.1 Å². The van der Waals surface area contributed by atoms with E-state index >= 15 is 0 Å². The molecule has 1 N–H and O–H groups in total. The first-order chi connectivity index (χ1) is 6.16. The van der Waals surface area contributed by atoms with Gasteiger partial charge in [0.15, 0.2) is 5.11 Å². The Morgan fingerprint density at radius 2 is 2.38 bits per heavy atom. The molecule has 1 fully saturated rings. The number of thiocarbonyl (C=S) groups is 1. The molecule has 2 atom stereocenters. The highest BCUT2D eigenvalue weighted by atomic mass is 32.1. The lowest BCUT2D eigenvalue weighted by Crippen LogP contribution is -2.42. The maximum absolute atomic E-state index is 5.23. The van der Waals surface area contributed by atoms with Crippen LogP contribution in [0.2, 0.25) is 0 Å². The first-order valence-corrected chi connectivity index (χ1v) is 5.05. The van der Waals surface area contributed by atoms with Crippen LogP contribution in [0.3, 0.4) is 0 Å². The molecular weight excluding hydrogens is 180 g/mol. The van der Waals surface area contributed by atoms with Crippen LogP contribution in [-0.2, 0) is 0 Å². The van der Waals surface area contributed by atoms with E-state index in [-0.39, 0.29) is 0 Å². The fourth-order valence-electron chi connectivity index (χ4n) is 1.61. The van der Waals surface area contributed by atoms with Crippen LogP contribution in [0.5, 0.6) is 0 Å². The maximum atomic E-state index is 5.23. The topological polar surface area (TPSA) is 15.3 Å². The molecule has 0 bridgehead atoms. The number of likely N-dealkylation sites (tertiary alicyclic amines) is 1. The molecule has 0 radical (unpaired) electrons. The van der Waals surface area contributed by atoms with Crippen LogP contribution in [0.4, 0.5) is 0 Å². The maximum Gasteiger partial charge on any atom is 0.169 e. The molecule has 13 heavy (non-hydrogen) atoms. The lowest BCUT2D eigenvalue weighted by atomic mass is 10.1. The summed E-state index contributed by atoms with van der Waals surface area (Å²) < 4.78 is 0. The molecule has 3 heteroatoms. The van der Waals surface area contributed by atoms with Gasteiger partial charge in [-0.05, 0) is 31.5 Å². The van der Waals surface area contributed by atoms with Gasteiger partial charge >= 0.3 is 0 Å². The van der Waals surface area contributed by atoms with Crippen LogP contribution < -0.4 is 5.32 Å². The van der Waals surface area contributed by atoms with Crippen LogP contribution in [0.1, 0.15) is 20.3 Å². The molecule has 0 amide bonds. The summed E-state index contributed by atoms with van der Waals surface area (Å²) in [7, 11) is 0. The van der Waals surface area contributed by atoms with Crippen molar-refractivity contribution in [2.24, 2.45) is 5.92 Å². The summed E-state index contributed by atoms with van der Waals surface area (Å²) in [5.41, 5.74) is 0. The Morgan fingerprint density at radius 1 is 1.69 bits per heavy atom. The van der Waals surface area contributed by atoms with Crippen molar-refractivity contribution >= 4 is 17.3 Å². The summed E-state index contributed by atoms with van der Waals surface area (Å²) in [6, 6.07) is 0.540. The molecule has 1 heterocycles. The second kappa shape index (κ2) is 4.48. The Morgan fingerprint density at radius 3 is 2.85 bits per heavy atom.